The van der Waals surface area contributed by atoms with Gasteiger partial charge in [0.1, 0.15) is 0 Å². The zero-order valence-electron chi connectivity index (χ0n) is 10.6. The molecule has 0 aromatic carbocycles. The van der Waals surface area contributed by atoms with Crippen LogP contribution in [0.4, 0.5) is 0 Å². The predicted octanol–water partition coefficient (Wildman–Crippen LogP) is 1.58. The van der Waals surface area contributed by atoms with Crippen LogP contribution in [0.3, 0.4) is 0 Å². The normalized spacial score (nSPS) is 12.6. The van der Waals surface area contributed by atoms with Gasteiger partial charge in [0.25, 0.3) is 0 Å². The molecule has 4 heteroatoms. The van der Waals surface area contributed by atoms with Gasteiger partial charge in [-0.3, -0.25) is 14.9 Å². The molecule has 0 heterocycles. The topological polar surface area (TPSA) is 72.2 Å². The molecule has 2 amide bonds. The fourth-order valence-electron chi connectivity index (χ4n) is 1.44. The molecule has 0 fully saturated rings. The van der Waals surface area contributed by atoms with Gasteiger partial charge in [-0.05, 0) is 18.8 Å². The first kappa shape index (κ1) is 15.1. The molecule has 0 radical (unpaired) electrons. The van der Waals surface area contributed by atoms with Crippen molar-refractivity contribution in [2.75, 3.05) is 0 Å². The summed E-state index contributed by atoms with van der Waals surface area (Å²) in [5.41, 5.74) is 5.66. The molecule has 16 heavy (non-hydrogen) atoms. The van der Waals surface area contributed by atoms with Gasteiger partial charge in [0, 0.05) is 6.42 Å². The summed E-state index contributed by atoms with van der Waals surface area (Å²) in [6.07, 6.45) is 3.92. The number of amides is 2. The first-order valence-electron chi connectivity index (χ1n) is 6.06. The Morgan fingerprint density at radius 2 is 1.88 bits per heavy atom. The smallest absolute Gasteiger partial charge is 0.243 e. The molecule has 1 atom stereocenters. The van der Waals surface area contributed by atoms with E-state index in [2.05, 4.69) is 12.2 Å². The molecule has 0 aromatic rings. The average molecular weight is 228 g/mol. The van der Waals surface area contributed by atoms with Crippen LogP contribution in [0.15, 0.2) is 0 Å². The Morgan fingerprint density at radius 3 is 2.38 bits per heavy atom. The van der Waals surface area contributed by atoms with E-state index in [1.807, 2.05) is 13.8 Å². The molecule has 3 N–H and O–H groups in total. The van der Waals surface area contributed by atoms with Gasteiger partial charge in [-0.15, -0.1) is 0 Å². The molecule has 0 bridgehead atoms. The van der Waals surface area contributed by atoms with Crippen LogP contribution in [0.2, 0.25) is 0 Å². The molecule has 0 spiro atoms. The molecule has 0 aliphatic heterocycles. The summed E-state index contributed by atoms with van der Waals surface area (Å²) >= 11 is 0. The van der Waals surface area contributed by atoms with E-state index in [0.717, 1.165) is 19.3 Å². The minimum absolute atomic E-state index is 0.211. The van der Waals surface area contributed by atoms with Crippen molar-refractivity contribution >= 4 is 11.8 Å². The molecule has 0 saturated heterocycles. The SMILES string of the molecule is CCCCCC(=O)NC(=O)[C@@H](N)CC(C)C. The lowest BCUT2D eigenvalue weighted by Gasteiger charge is -2.13. The molecule has 0 aliphatic carbocycles. The van der Waals surface area contributed by atoms with Crippen LogP contribution < -0.4 is 11.1 Å². The van der Waals surface area contributed by atoms with Crippen LogP contribution in [-0.2, 0) is 9.59 Å². The van der Waals surface area contributed by atoms with E-state index in [9.17, 15) is 9.59 Å². The summed E-state index contributed by atoms with van der Waals surface area (Å²) in [5, 5.41) is 2.34. The van der Waals surface area contributed by atoms with Crippen LogP contribution >= 0.6 is 0 Å². The third-order valence-corrected chi connectivity index (χ3v) is 2.33. The Bertz CT molecular complexity index is 227. The molecule has 0 aromatic heterocycles. The highest BCUT2D eigenvalue weighted by atomic mass is 16.2. The van der Waals surface area contributed by atoms with Gasteiger partial charge in [-0.1, -0.05) is 33.6 Å². The molecule has 94 valence electrons. The van der Waals surface area contributed by atoms with Gasteiger partial charge in [-0.25, -0.2) is 0 Å². The van der Waals surface area contributed by atoms with E-state index in [0.29, 0.717) is 18.8 Å². The molecule has 0 saturated carbocycles. The van der Waals surface area contributed by atoms with Crippen molar-refractivity contribution in [2.24, 2.45) is 11.7 Å². The molecule has 0 aliphatic rings. The lowest BCUT2D eigenvalue weighted by Crippen LogP contribution is -2.44. The number of carbonyl (C=O) groups is 2. The number of nitrogens with one attached hydrogen (secondary N) is 1. The number of unbranched alkanes of at least 4 members (excludes halogenated alkanes) is 2. The lowest BCUT2D eigenvalue weighted by atomic mass is 10.0. The maximum Gasteiger partial charge on any atom is 0.243 e. The summed E-state index contributed by atoms with van der Waals surface area (Å²) in [7, 11) is 0. The van der Waals surface area contributed by atoms with Gasteiger partial charge in [0.15, 0.2) is 0 Å². The maximum absolute atomic E-state index is 11.5. The fourth-order valence-corrected chi connectivity index (χ4v) is 1.44. The first-order chi connectivity index (χ1) is 7.47. The largest absolute Gasteiger partial charge is 0.320 e. The summed E-state index contributed by atoms with van der Waals surface area (Å²) in [6, 6.07) is -0.574. The van der Waals surface area contributed by atoms with Crippen LogP contribution in [0, 0.1) is 5.92 Å². The fraction of sp³-hybridized carbons (Fsp3) is 0.833. The second-order valence-corrected chi connectivity index (χ2v) is 4.61. The van der Waals surface area contributed by atoms with Crippen molar-refractivity contribution in [1.82, 2.24) is 5.32 Å². The van der Waals surface area contributed by atoms with Crippen LogP contribution in [0.5, 0.6) is 0 Å². The monoisotopic (exact) mass is 228 g/mol. The molecular weight excluding hydrogens is 204 g/mol. The number of carbonyl (C=O) groups excluding carboxylic acids is 2. The summed E-state index contributed by atoms with van der Waals surface area (Å²) in [6.45, 7) is 6.06. The summed E-state index contributed by atoms with van der Waals surface area (Å²) in [4.78, 5) is 22.8. The quantitative estimate of drug-likeness (QED) is 0.650. The Kier molecular flexibility index (Phi) is 7.81. The zero-order valence-corrected chi connectivity index (χ0v) is 10.6. The van der Waals surface area contributed by atoms with Crippen molar-refractivity contribution in [3.63, 3.8) is 0 Å². The van der Waals surface area contributed by atoms with Crippen LogP contribution in [0.1, 0.15) is 52.9 Å². The Morgan fingerprint density at radius 1 is 1.25 bits per heavy atom. The lowest BCUT2D eigenvalue weighted by molar-refractivity contribution is -0.131. The highest BCUT2D eigenvalue weighted by Gasteiger charge is 2.16. The number of rotatable bonds is 7. The van der Waals surface area contributed by atoms with Gasteiger partial charge in [-0.2, -0.15) is 0 Å². The maximum atomic E-state index is 11.5. The van der Waals surface area contributed by atoms with Gasteiger partial charge < -0.3 is 5.73 Å². The molecular formula is C12H24N2O2. The predicted molar refractivity (Wildman–Crippen MR) is 64.7 cm³/mol. The van der Waals surface area contributed by atoms with E-state index in [1.165, 1.54) is 0 Å². The molecule has 0 unspecified atom stereocenters. The van der Waals surface area contributed by atoms with Crippen molar-refractivity contribution in [3.8, 4) is 0 Å². The Balaban J connectivity index is 3.81. The van der Waals surface area contributed by atoms with E-state index in [4.69, 9.17) is 5.73 Å². The third-order valence-electron chi connectivity index (χ3n) is 2.33. The van der Waals surface area contributed by atoms with E-state index in [-0.39, 0.29) is 11.8 Å². The summed E-state index contributed by atoms with van der Waals surface area (Å²) < 4.78 is 0. The first-order valence-corrected chi connectivity index (χ1v) is 6.06. The zero-order chi connectivity index (χ0) is 12.6. The van der Waals surface area contributed by atoms with Crippen molar-refractivity contribution in [3.05, 3.63) is 0 Å². The number of hydrogen-bond donors (Lipinski definition) is 2. The van der Waals surface area contributed by atoms with Crippen LogP contribution in [0.25, 0.3) is 0 Å². The van der Waals surface area contributed by atoms with E-state index >= 15 is 0 Å². The van der Waals surface area contributed by atoms with Gasteiger partial charge in [0.2, 0.25) is 11.8 Å². The van der Waals surface area contributed by atoms with Crippen LogP contribution in [-0.4, -0.2) is 17.9 Å². The average Bonchev–Trinajstić information content (AvgIpc) is 2.16. The highest BCUT2D eigenvalue weighted by Crippen LogP contribution is 2.03. The van der Waals surface area contributed by atoms with E-state index in [1.54, 1.807) is 0 Å². The Hall–Kier alpha value is -0.900. The minimum atomic E-state index is -0.574. The van der Waals surface area contributed by atoms with Crippen molar-refractivity contribution in [1.29, 1.82) is 0 Å². The Labute approximate surface area is 98.0 Å². The van der Waals surface area contributed by atoms with E-state index < -0.39 is 6.04 Å². The molecule has 4 nitrogen and oxygen atoms in total. The minimum Gasteiger partial charge on any atom is -0.320 e. The number of imide groups is 1. The number of nitrogens with two attached hydrogens (primary N) is 1. The second-order valence-electron chi connectivity index (χ2n) is 4.61. The van der Waals surface area contributed by atoms with Crippen molar-refractivity contribution < 1.29 is 9.59 Å². The van der Waals surface area contributed by atoms with Gasteiger partial charge in [0.05, 0.1) is 6.04 Å². The number of hydrogen-bond acceptors (Lipinski definition) is 3. The highest BCUT2D eigenvalue weighted by molar-refractivity contribution is 5.97. The standard InChI is InChI=1S/C12H24N2O2/c1-4-5-6-7-11(15)14-12(16)10(13)8-9(2)3/h9-10H,4-8,13H2,1-3H3,(H,14,15,16)/t10-/m0/s1. The molecule has 0 rings (SSSR count). The van der Waals surface area contributed by atoms with Gasteiger partial charge >= 0.3 is 0 Å². The second kappa shape index (κ2) is 8.28. The third kappa shape index (κ3) is 7.40. The summed E-state index contributed by atoms with van der Waals surface area (Å²) in [5.74, 6) is -0.205. The van der Waals surface area contributed by atoms with Crippen molar-refractivity contribution in [2.45, 2.75) is 58.9 Å².